The molecule has 1 aliphatic rings. The maximum atomic E-state index is 12.8. The standard InChI is InChI=1S/C26H25N3O4S/c30-24(13-14-27-15-17-28(18-16-27)26(31)20-7-3-1-4-8-20)21-11-12-25(23(19-21)29(32)33)34-22-9-5-2-6-10-22/h1-12,19H,13-18H2. The molecule has 0 unspecified atom stereocenters. The van der Waals surface area contributed by atoms with Gasteiger partial charge < -0.3 is 4.90 Å². The van der Waals surface area contributed by atoms with Crippen molar-refractivity contribution in [2.45, 2.75) is 16.2 Å². The van der Waals surface area contributed by atoms with E-state index in [-0.39, 0.29) is 23.8 Å². The topological polar surface area (TPSA) is 83.8 Å². The fourth-order valence-corrected chi connectivity index (χ4v) is 4.80. The number of nitro groups is 1. The van der Waals surface area contributed by atoms with Crippen LogP contribution in [0.2, 0.25) is 0 Å². The molecule has 0 bridgehead atoms. The molecule has 0 atom stereocenters. The van der Waals surface area contributed by atoms with E-state index < -0.39 is 4.92 Å². The summed E-state index contributed by atoms with van der Waals surface area (Å²) in [6.07, 6.45) is 0.273. The molecule has 1 amide bonds. The third kappa shape index (κ3) is 5.89. The second kappa shape index (κ2) is 11.1. The first-order chi connectivity index (χ1) is 16.5. The molecule has 174 valence electrons. The zero-order valence-corrected chi connectivity index (χ0v) is 19.4. The molecule has 0 spiro atoms. The summed E-state index contributed by atoms with van der Waals surface area (Å²) in [7, 11) is 0. The first-order valence-electron chi connectivity index (χ1n) is 11.1. The van der Waals surface area contributed by atoms with Crippen molar-refractivity contribution in [1.82, 2.24) is 9.80 Å². The van der Waals surface area contributed by atoms with Gasteiger partial charge >= 0.3 is 0 Å². The van der Waals surface area contributed by atoms with Crippen LogP contribution in [0.5, 0.6) is 0 Å². The molecular formula is C26H25N3O4S. The van der Waals surface area contributed by atoms with Crippen LogP contribution in [0.15, 0.2) is 88.7 Å². The first kappa shape index (κ1) is 23.7. The molecule has 0 radical (unpaired) electrons. The minimum atomic E-state index is -0.439. The Morgan fingerprint density at radius 1 is 0.853 bits per heavy atom. The van der Waals surface area contributed by atoms with E-state index >= 15 is 0 Å². The highest BCUT2D eigenvalue weighted by atomic mass is 32.2. The average molecular weight is 476 g/mol. The molecule has 34 heavy (non-hydrogen) atoms. The van der Waals surface area contributed by atoms with Gasteiger partial charge in [-0.15, -0.1) is 0 Å². The molecule has 3 aromatic carbocycles. The van der Waals surface area contributed by atoms with Gasteiger partial charge in [0.05, 0.1) is 9.82 Å². The fraction of sp³-hybridized carbons (Fsp3) is 0.231. The number of amides is 1. The van der Waals surface area contributed by atoms with Gasteiger partial charge in [-0.05, 0) is 36.4 Å². The lowest BCUT2D eigenvalue weighted by Gasteiger charge is -2.34. The Bertz CT molecular complexity index is 1160. The van der Waals surface area contributed by atoms with Gasteiger partial charge in [0.2, 0.25) is 0 Å². The number of hydrogen-bond acceptors (Lipinski definition) is 6. The molecule has 7 nitrogen and oxygen atoms in total. The number of nitro benzene ring substituents is 1. The average Bonchev–Trinajstić information content (AvgIpc) is 2.88. The molecule has 0 aliphatic carbocycles. The van der Waals surface area contributed by atoms with Gasteiger partial charge in [0, 0.05) is 61.2 Å². The molecular weight excluding hydrogens is 450 g/mol. The predicted octanol–water partition coefficient (Wildman–Crippen LogP) is 4.78. The summed E-state index contributed by atoms with van der Waals surface area (Å²) < 4.78 is 0. The summed E-state index contributed by atoms with van der Waals surface area (Å²) in [4.78, 5) is 41.9. The lowest BCUT2D eigenvalue weighted by Crippen LogP contribution is -2.49. The van der Waals surface area contributed by atoms with Crippen LogP contribution in [0.3, 0.4) is 0 Å². The first-order valence-corrected chi connectivity index (χ1v) is 11.9. The smallest absolute Gasteiger partial charge is 0.283 e. The highest BCUT2D eigenvalue weighted by Crippen LogP contribution is 2.35. The van der Waals surface area contributed by atoms with E-state index in [4.69, 9.17) is 0 Å². The van der Waals surface area contributed by atoms with Gasteiger partial charge in [0.1, 0.15) is 0 Å². The zero-order valence-electron chi connectivity index (χ0n) is 18.6. The number of Topliss-reactive ketones (excluding diaryl/α,β-unsaturated/α-hetero) is 1. The number of carbonyl (C=O) groups is 2. The van der Waals surface area contributed by atoms with Gasteiger partial charge in [-0.1, -0.05) is 48.2 Å². The maximum Gasteiger partial charge on any atom is 0.283 e. The van der Waals surface area contributed by atoms with Crippen molar-refractivity contribution in [3.05, 3.63) is 100 Å². The number of nitrogens with zero attached hydrogens (tertiary/aromatic N) is 3. The Hall–Kier alpha value is -3.49. The quantitative estimate of drug-likeness (QED) is 0.265. The lowest BCUT2D eigenvalue weighted by atomic mass is 10.1. The maximum absolute atomic E-state index is 12.8. The Labute approximate surface area is 202 Å². The molecule has 4 rings (SSSR count). The minimum Gasteiger partial charge on any atom is -0.336 e. The van der Waals surface area contributed by atoms with E-state index in [0.29, 0.717) is 48.7 Å². The summed E-state index contributed by atoms with van der Waals surface area (Å²) >= 11 is 1.31. The van der Waals surface area contributed by atoms with Crippen LogP contribution in [0.25, 0.3) is 0 Å². The third-order valence-corrected chi connectivity index (χ3v) is 6.86. The van der Waals surface area contributed by atoms with Crippen LogP contribution >= 0.6 is 11.8 Å². The molecule has 1 saturated heterocycles. The van der Waals surface area contributed by atoms with Crippen molar-refractivity contribution in [1.29, 1.82) is 0 Å². The molecule has 0 aromatic heterocycles. The van der Waals surface area contributed by atoms with Crippen LogP contribution in [-0.4, -0.2) is 59.1 Å². The van der Waals surface area contributed by atoms with Gasteiger partial charge in [0.15, 0.2) is 5.78 Å². The molecule has 1 heterocycles. The predicted molar refractivity (Wildman–Crippen MR) is 131 cm³/mol. The summed E-state index contributed by atoms with van der Waals surface area (Å²) in [6, 6.07) is 23.3. The van der Waals surface area contributed by atoms with E-state index in [1.54, 1.807) is 12.1 Å². The van der Waals surface area contributed by atoms with Crippen LogP contribution in [0, 0.1) is 10.1 Å². The monoisotopic (exact) mass is 475 g/mol. The van der Waals surface area contributed by atoms with Gasteiger partial charge in [-0.25, -0.2) is 0 Å². The van der Waals surface area contributed by atoms with Crippen LogP contribution in [0.4, 0.5) is 5.69 Å². The van der Waals surface area contributed by atoms with Crippen molar-refractivity contribution in [3.8, 4) is 0 Å². The molecule has 8 heteroatoms. The van der Waals surface area contributed by atoms with Gasteiger partial charge in [-0.2, -0.15) is 0 Å². The minimum absolute atomic E-state index is 0.0251. The number of hydrogen-bond donors (Lipinski definition) is 0. The highest BCUT2D eigenvalue weighted by molar-refractivity contribution is 7.99. The van der Waals surface area contributed by atoms with Crippen molar-refractivity contribution in [3.63, 3.8) is 0 Å². The van der Waals surface area contributed by atoms with Crippen molar-refractivity contribution in [2.75, 3.05) is 32.7 Å². The van der Waals surface area contributed by atoms with Crippen molar-refractivity contribution in [2.24, 2.45) is 0 Å². The zero-order chi connectivity index (χ0) is 23.9. The second-order valence-electron chi connectivity index (χ2n) is 8.03. The largest absolute Gasteiger partial charge is 0.336 e. The van der Waals surface area contributed by atoms with Crippen molar-refractivity contribution >= 4 is 29.1 Å². The second-order valence-corrected chi connectivity index (χ2v) is 9.14. The summed E-state index contributed by atoms with van der Waals surface area (Å²) in [5.74, 6) is -0.0979. The Balaban J connectivity index is 1.32. The number of piperazine rings is 1. The summed E-state index contributed by atoms with van der Waals surface area (Å²) in [5.41, 5.74) is 0.969. The highest BCUT2D eigenvalue weighted by Gasteiger charge is 2.23. The lowest BCUT2D eigenvalue weighted by molar-refractivity contribution is -0.387. The Morgan fingerprint density at radius 2 is 1.50 bits per heavy atom. The Kier molecular flexibility index (Phi) is 7.72. The SMILES string of the molecule is O=C(CCN1CCN(C(=O)c2ccccc2)CC1)c1ccc(Sc2ccccc2)c([N+](=O)[O-])c1. The van der Waals surface area contributed by atoms with Crippen LogP contribution < -0.4 is 0 Å². The van der Waals surface area contributed by atoms with E-state index in [0.717, 1.165) is 4.90 Å². The van der Waals surface area contributed by atoms with E-state index in [9.17, 15) is 19.7 Å². The third-order valence-electron chi connectivity index (χ3n) is 5.78. The molecule has 1 aliphatic heterocycles. The molecule has 0 saturated carbocycles. The van der Waals surface area contributed by atoms with E-state index in [1.807, 2.05) is 65.6 Å². The summed E-state index contributed by atoms with van der Waals surface area (Å²) in [6.45, 7) is 3.16. The van der Waals surface area contributed by atoms with E-state index in [1.165, 1.54) is 17.8 Å². The fourth-order valence-electron chi connectivity index (χ4n) is 3.88. The molecule has 3 aromatic rings. The number of carbonyl (C=O) groups excluding carboxylic acids is 2. The Morgan fingerprint density at radius 3 is 2.15 bits per heavy atom. The van der Waals surface area contributed by atoms with Crippen LogP contribution in [0.1, 0.15) is 27.1 Å². The summed E-state index contributed by atoms with van der Waals surface area (Å²) in [5, 5.41) is 11.6. The van der Waals surface area contributed by atoms with Gasteiger partial charge in [-0.3, -0.25) is 24.6 Å². The molecule has 1 fully saturated rings. The van der Waals surface area contributed by atoms with E-state index in [2.05, 4.69) is 4.90 Å². The number of benzene rings is 3. The van der Waals surface area contributed by atoms with Crippen molar-refractivity contribution < 1.29 is 14.5 Å². The number of rotatable bonds is 8. The molecule has 0 N–H and O–H groups in total. The van der Waals surface area contributed by atoms with Gasteiger partial charge in [0.25, 0.3) is 11.6 Å². The van der Waals surface area contributed by atoms with Crippen LogP contribution in [-0.2, 0) is 0 Å². The normalized spacial score (nSPS) is 14.1. The number of ketones is 1.